The normalized spacial score (nSPS) is 10.9. The smallest absolute Gasteiger partial charge is 0.291 e. The number of H-pyrrole nitrogens is 1. The molecule has 0 bridgehead atoms. The van der Waals surface area contributed by atoms with E-state index in [9.17, 15) is 14.7 Å². The highest BCUT2D eigenvalue weighted by Gasteiger charge is 2.18. The Bertz CT molecular complexity index is 1080. The van der Waals surface area contributed by atoms with Crippen LogP contribution < -0.4 is 10.9 Å². The molecule has 5 nitrogen and oxygen atoms in total. The molecule has 1 heterocycles. The van der Waals surface area contributed by atoms with Crippen molar-refractivity contribution in [1.29, 1.82) is 0 Å². The first-order valence-corrected chi connectivity index (χ1v) is 9.97. The number of benzene rings is 2. The number of carbonyl (C=O) groups excluding carboxylic acids is 1. The lowest BCUT2D eigenvalue weighted by Gasteiger charge is -2.10. The second kappa shape index (κ2) is 8.50. The zero-order chi connectivity index (χ0) is 19.6. The third-order valence-electron chi connectivity index (χ3n) is 4.09. The van der Waals surface area contributed by atoms with Gasteiger partial charge in [0.25, 0.3) is 11.5 Å². The first kappa shape index (κ1) is 20.0. The van der Waals surface area contributed by atoms with E-state index in [1.54, 1.807) is 24.3 Å². The molecule has 3 rings (SSSR count). The summed E-state index contributed by atoms with van der Waals surface area (Å²) in [5.41, 5.74) is 0.809. The predicted molar refractivity (Wildman–Crippen MR) is 116 cm³/mol. The Labute approximate surface area is 178 Å². The van der Waals surface area contributed by atoms with Gasteiger partial charge < -0.3 is 15.4 Å². The average molecular weight is 517 g/mol. The number of hydrogen-bond donors (Lipinski definition) is 3. The maximum Gasteiger partial charge on any atom is 0.291 e. The van der Waals surface area contributed by atoms with Crippen molar-refractivity contribution in [2.24, 2.45) is 0 Å². The Morgan fingerprint density at radius 3 is 2.67 bits per heavy atom. The van der Waals surface area contributed by atoms with Gasteiger partial charge in [0, 0.05) is 21.0 Å². The van der Waals surface area contributed by atoms with Gasteiger partial charge in [0.1, 0.15) is 0 Å². The molecular weight excluding hydrogens is 502 g/mol. The number of aromatic nitrogens is 1. The summed E-state index contributed by atoms with van der Waals surface area (Å²) in [7, 11) is 0. The molecule has 8 heteroatoms. The molecule has 1 amide bonds. The Hall–Kier alpha value is -1.77. The van der Waals surface area contributed by atoms with E-state index < -0.39 is 17.2 Å². The lowest BCUT2D eigenvalue weighted by atomic mass is 10.1. The summed E-state index contributed by atoms with van der Waals surface area (Å²) in [5, 5.41) is 14.4. The van der Waals surface area contributed by atoms with Gasteiger partial charge in [0.2, 0.25) is 0 Å². The van der Waals surface area contributed by atoms with Crippen LogP contribution in [0.1, 0.15) is 22.3 Å². The molecule has 140 valence electrons. The molecule has 0 saturated carbocycles. The number of aromatic hydroxyl groups is 1. The van der Waals surface area contributed by atoms with Crippen molar-refractivity contribution in [3.8, 4) is 5.75 Å². The minimum Gasteiger partial charge on any atom is -0.502 e. The number of aromatic amines is 1. The Balaban J connectivity index is 1.72. The van der Waals surface area contributed by atoms with Crippen molar-refractivity contribution in [2.45, 2.75) is 12.8 Å². The van der Waals surface area contributed by atoms with Gasteiger partial charge in [0.15, 0.2) is 5.75 Å². The summed E-state index contributed by atoms with van der Waals surface area (Å²) in [6.45, 7) is 0.386. The summed E-state index contributed by atoms with van der Waals surface area (Å²) in [4.78, 5) is 27.1. The van der Waals surface area contributed by atoms with Gasteiger partial charge in [0.05, 0.1) is 15.6 Å². The Morgan fingerprint density at radius 2 is 1.93 bits per heavy atom. The van der Waals surface area contributed by atoms with Crippen molar-refractivity contribution < 1.29 is 9.90 Å². The number of rotatable bonds is 5. The van der Waals surface area contributed by atoms with Crippen LogP contribution in [0.5, 0.6) is 5.75 Å². The van der Waals surface area contributed by atoms with Gasteiger partial charge in [-0.15, -0.1) is 0 Å². The van der Waals surface area contributed by atoms with E-state index in [-0.39, 0.29) is 5.56 Å². The van der Waals surface area contributed by atoms with Crippen molar-refractivity contribution >= 4 is 62.6 Å². The number of amides is 1. The van der Waals surface area contributed by atoms with Crippen molar-refractivity contribution in [3.05, 3.63) is 71.5 Å². The van der Waals surface area contributed by atoms with Gasteiger partial charge >= 0.3 is 0 Å². The number of nitrogens with one attached hydrogen (secondary N) is 2. The van der Waals surface area contributed by atoms with E-state index in [4.69, 9.17) is 23.2 Å². The Morgan fingerprint density at radius 1 is 1.15 bits per heavy atom. The van der Waals surface area contributed by atoms with Gasteiger partial charge in [-0.3, -0.25) is 9.59 Å². The first-order chi connectivity index (χ1) is 12.9. The van der Waals surface area contributed by atoms with Gasteiger partial charge in [-0.25, -0.2) is 0 Å². The molecule has 27 heavy (non-hydrogen) atoms. The first-order valence-electron chi connectivity index (χ1n) is 8.13. The van der Waals surface area contributed by atoms with Gasteiger partial charge in [-0.1, -0.05) is 29.3 Å². The molecule has 1 aromatic heterocycles. The van der Waals surface area contributed by atoms with Crippen LogP contribution in [-0.2, 0) is 6.42 Å². The van der Waals surface area contributed by atoms with Crippen LogP contribution in [0, 0.1) is 3.57 Å². The molecule has 3 N–H and O–H groups in total. The second-order valence-corrected chi connectivity index (χ2v) is 8.04. The highest BCUT2D eigenvalue weighted by molar-refractivity contribution is 14.1. The van der Waals surface area contributed by atoms with Crippen LogP contribution in [0.2, 0.25) is 10.0 Å². The second-order valence-electron chi connectivity index (χ2n) is 5.98. The van der Waals surface area contributed by atoms with Crippen LogP contribution in [0.15, 0.2) is 41.2 Å². The number of pyridine rings is 1. The van der Waals surface area contributed by atoms with Crippen LogP contribution >= 0.6 is 45.8 Å². The van der Waals surface area contributed by atoms with Crippen molar-refractivity contribution in [1.82, 2.24) is 10.3 Å². The molecular formula is C19H15Cl2IN2O3. The van der Waals surface area contributed by atoms with E-state index in [0.29, 0.717) is 40.3 Å². The van der Waals surface area contributed by atoms with E-state index in [1.165, 1.54) is 0 Å². The molecule has 0 saturated heterocycles. The van der Waals surface area contributed by atoms with E-state index >= 15 is 0 Å². The largest absolute Gasteiger partial charge is 0.502 e. The SMILES string of the molecule is O=C(NCCCc1ccc(Cl)c(Cl)c1)c1c(O)c(=O)[nH]c2ccc(I)cc12. The number of carbonyl (C=O) groups is 1. The molecule has 0 unspecified atom stereocenters. The average Bonchev–Trinajstić information content (AvgIpc) is 2.63. The standard InChI is InChI=1S/C19H15Cl2IN2O3/c20-13-5-3-10(8-14(13)21)2-1-7-23-18(26)16-12-9-11(22)4-6-15(12)24-19(27)17(16)25/h3-6,8-9,25H,1-2,7H2,(H,23,26)(H,24,27). The topological polar surface area (TPSA) is 82.2 Å². The van der Waals surface area contributed by atoms with Crippen LogP contribution in [0.25, 0.3) is 10.9 Å². The fourth-order valence-corrected chi connectivity index (χ4v) is 3.57. The summed E-state index contributed by atoms with van der Waals surface area (Å²) >= 11 is 14.0. The maximum absolute atomic E-state index is 12.6. The van der Waals surface area contributed by atoms with Gasteiger partial charge in [-0.2, -0.15) is 0 Å². The molecule has 0 spiro atoms. The van der Waals surface area contributed by atoms with E-state index in [0.717, 1.165) is 9.13 Å². The lowest BCUT2D eigenvalue weighted by Crippen LogP contribution is -2.27. The molecule has 0 fully saturated rings. The quantitative estimate of drug-likeness (QED) is 0.345. The molecule has 0 aliphatic carbocycles. The fourth-order valence-electron chi connectivity index (χ4n) is 2.76. The molecule has 0 aliphatic heterocycles. The zero-order valence-corrected chi connectivity index (χ0v) is 17.7. The Kier molecular flexibility index (Phi) is 6.29. The van der Waals surface area contributed by atoms with Crippen molar-refractivity contribution in [3.63, 3.8) is 0 Å². The lowest BCUT2D eigenvalue weighted by molar-refractivity contribution is 0.0952. The number of aryl methyl sites for hydroxylation is 1. The third kappa shape index (κ3) is 4.56. The van der Waals surface area contributed by atoms with Crippen molar-refractivity contribution in [2.75, 3.05) is 6.54 Å². The van der Waals surface area contributed by atoms with E-state index in [2.05, 4.69) is 32.9 Å². The van der Waals surface area contributed by atoms with Gasteiger partial charge in [-0.05, 0) is 71.3 Å². The minimum atomic E-state index is -0.690. The summed E-state index contributed by atoms with van der Waals surface area (Å²) in [6.07, 6.45) is 1.38. The molecule has 0 radical (unpaired) electrons. The highest BCUT2D eigenvalue weighted by atomic mass is 127. The summed E-state index contributed by atoms with van der Waals surface area (Å²) in [5.74, 6) is -1.06. The van der Waals surface area contributed by atoms with Crippen LogP contribution in [-0.4, -0.2) is 22.5 Å². The predicted octanol–water partition coefficient (Wildman–Crippen LogP) is 4.51. The van der Waals surface area contributed by atoms with Crippen LogP contribution in [0.4, 0.5) is 0 Å². The maximum atomic E-state index is 12.6. The number of fused-ring (bicyclic) bond motifs is 1. The summed E-state index contributed by atoms with van der Waals surface area (Å²) < 4.78 is 0.889. The minimum absolute atomic E-state index is 0.0122. The third-order valence-corrected chi connectivity index (χ3v) is 5.50. The monoisotopic (exact) mass is 516 g/mol. The molecule has 0 aliphatic rings. The molecule has 0 atom stereocenters. The van der Waals surface area contributed by atoms with Crippen LogP contribution in [0.3, 0.4) is 0 Å². The number of halogens is 3. The highest BCUT2D eigenvalue weighted by Crippen LogP contribution is 2.25. The zero-order valence-electron chi connectivity index (χ0n) is 14.0. The molecule has 2 aromatic carbocycles. The summed E-state index contributed by atoms with van der Waals surface area (Å²) in [6, 6.07) is 10.7. The number of hydrogen-bond acceptors (Lipinski definition) is 3. The fraction of sp³-hybridized carbons (Fsp3) is 0.158. The molecule has 3 aromatic rings. The van der Waals surface area contributed by atoms with E-state index in [1.807, 2.05) is 12.1 Å².